The van der Waals surface area contributed by atoms with Gasteiger partial charge in [0.2, 0.25) is 5.91 Å². The van der Waals surface area contributed by atoms with Gasteiger partial charge in [0.1, 0.15) is 11.5 Å². The van der Waals surface area contributed by atoms with Crippen LogP contribution in [0.5, 0.6) is 5.75 Å². The van der Waals surface area contributed by atoms with Crippen molar-refractivity contribution in [3.63, 3.8) is 0 Å². The van der Waals surface area contributed by atoms with Gasteiger partial charge in [-0.2, -0.15) is 0 Å². The van der Waals surface area contributed by atoms with Gasteiger partial charge in [0.05, 0.1) is 17.0 Å². The van der Waals surface area contributed by atoms with Crippen LogP contribution in [0.25, 0.3) is 0 Å². The van der Waals surface area contributed by atoms with Gasteiger partial charge in [0.15, 0.2) is 9.84 Å². The molecule has 0 saturated heterocycles. The molecule has 23 heavy (non-hydrogen) atoms. The van der Waals surface area contributed by atoms with Crippen molar-refractivity contribution in [2.75, 3.05) is 18.2 Å². The number of halogens is 2. The van der Waals surface area contributed by atoms with Crippen molar-refractivity contribution >= 4 is 44.6 Å². The molecule has 122 valence electrons. The fourth-order valence-corrected chi connectivity index (χ4v) is 3.36. The van der Waals surface area contributed by atoms with Crippen molar-refractivity contribution in [3.05, 3.63) is 52.5 Å². The zero-order valence-electron chi connectivity index (χ0n) is 12.0. The highest BCUT2D eigenvalue weighted by Gasteiger charge is 2.19. The minimum Gasteiger partial charge on any atom is -0.495 e. The number of benzene rings is 2. The monoisotopic (exact) mass is 373 g/mol. The van der Waals surface area contributed by atoms with Crippen LogP contribution in [0.1, 0.15) is 0 Å². The highest BCUT2D eigenvalue weighted by Crippen LogP contribution is 2.27. The van der Waals surface area contributed by atoms with Gasteiger partial charge >= 0.3 is 0 Å². The Bertz CT molecular complexity index is 820. The van der Waals surface area contributed by atoms with Crippen molar-refractivity contribution in [3.8, 4) is 5.75 Å². The Morgan fingerprint density at radius 3 is 2.35 bits per heavy atom. The van der Waals surface area contributed by atoms with Crippen LogP contribution < -0.4 is 10.1 Å². The topological polar surface area (TPSA) is 72.5 Å². The molecule has 0 heterocycles. The van der Waals surface area contributed by atoms with Crippen molar-refractivity contribution in [1.29, 1.82) is 0 Å². The Kier molecular flexibility index (Phi) is 5.51. The molecule has 0 aliphatic heterocycles. The van der Waals surface area contributed by atoms with Crippen LogP contribution >= 0.6 is 23.2 Å². The molecule has 2 aromatic rings. The maximum atomic E-state index is 12.2. The zero-order valence-corrected chi connectivity index (χ0v) is 14.4. The average molecular weight is 374 g/mol. The first-order chi connectivity index (χ1) is 10.8. The molecule has 1 N–H and O–H groups in total. The lowest BCUT2D eigenvalue weighted by Gasteiger charge is -2.09. The van der Waals surface area contributed by atoms with Crippen LogP contribution in [0.2, 0.25) is 10.0 Å². The van der Waals surface area contributed by atoms with Crippen molar-refractivity contribution in [1.82, 2.24) is 0 Å². The number of hydrogen-bond donors (Lipinski definition) is 1. The molecule has 8 heteroatoms. The summed E-state index contributed by atoms with van der Waals surface area (Å²) in [6.07, 6.45) is 0. The number of anilines is 1. The maximum Gasteiger partial charge on any atom is 0.239 e. The SMILES string of the molecule is COc1ccc(NC(=O)CS(=O)(=O)c2ccc(Cl)cc2)cc1Cl. The second-order valence-electron chi connectivity index (χ2n) is 4.61. The van der Waals surface area contributed by atoms with E-state index in [2.05, 4.69) is 5.32 Å². The summed E-state index contributed by atoms with van der Waals surface area (Å²) in [6, 6.07) is 10.2. The molecule has 0 bridgehead atoms. The maximum absolute atomic E-state index is 12.2. The van der Waals surface area contributed by atoms with Gasteiger partial charge in [0.25, 0.3) is 0 Å². The summed E-state index contributed by atoms with van der Waals surface area (Å²) in [6.45, 7) is 0. The molecule has 0 aliphatic rings. The van der Waals surface area contributed by atoms with Crippen molar-refractivity contribution < 1.29 is 17.9 Å². The molecule has 0 atom stereocenters. The van der Waals surface area contributed by atoms with Gasteiger partial charge in [-0.15, -0.1) is 0 Å². The Labute approximate surface area is 144 Å². The van der Waals surface area contributed by atoms with Gasteiger partial charge in [-0.1, -0.05) is 23.2 Å². The average Bonchev–Trinajstić information content (AvgIpc) is 2.47. The number of carbonyl (C=O) groups is 1. The van der Waals surface area contributed by atoms with Gasteiger partial charge in [0, 0.05) is 10.7 Å². The van der Waals surface area contributed by atoms with Gasteiger partial charge in [-0.05, 0) is 42.5 Å². The first kappa shape index (κ1) is 17.6. The first-order valence-corrected chi connectivity index (χ1v) is 8.84. The molecule has 0 spiro atoms. The normalized spacial score (nSPS) is 11.1. The van der Waals surface area contributed by atoms with E-state index in [1.54, 1.807) is 12.1 Å². The molecule has 0 radical (unpaired) electrons. The lowest BCUT2D eigenvalue weighted by molar-refractivity contribution is -0.113. The number of ether oxygens (including phenoxy) is 1. The van der Waals surface area contributed by atoms with E-state index in [-0.39, 0.29) is 4.90 Å². The van der Waals surface area contributed by atoms with Crippen LogP contribution in [0.3, 0.4) is 0 Å². The quantitative estimate of drug-likeness (QED) is 0.871. The minimum atomic E-state index is -3.75. The number of rotatable bonds is 5. The Hall–Kier alpha value is -1.76. The van der Waals surface area contributed by atoms with E-state index in [9.17, 15) is 13.2 Å². The first-order valence-electron chi connectivity index (χ1n) is 6.43. The second kappa shape index (κ2) is 7.21. The number of carbonyl (C=O) groups excluding carboxylic acids is 1. The van der Waals surface area contributed by atoms with Crippen LogP contribution in [0.4, 0.5) is 5.69 Å². The van der Waals surface area contributed by atoms with Crippen LogP contribution in [0, 0.1) is 0 Å². The molecule has 0 fully saturated rings. The molecule has 0 aromatic heterocycles. The molecule has 2 aromatic carbocycles. The van der Waals surface area contributed by atoms with E-state index in [0.717, 1.165) is 0 Å². The standard InChI is InChI=1S/C15H13Cl2NO4S/c1-22-14-7-4-11(8-13(14)17)18-15(19)9-23(20,21)12-5-2-10(16)3-6-12/h2-8H,9H2,1H3,(H,18,19). The predicted molar refractivity (Wildman–Crippen MR) is 90.1 cm³/mol. The van der Waals surface area contributed by atoms with Crippen LogP contribution in [0.15, 0.2) is 47.4 Å². The molecule has 0 unspecified atom stereocenters. The lowest BCUT2D eigenvalue weighted by Crippen LogP contribution is -2.23. The second-order valence-corrected chi connectivity index (χ2v) is 7.44. The van der Waals surface area contributed by atoms with E-state index in [1.807, 2.05) is 0 Å². The number of amides is 1. The number of methoxy groups -OCH3 is 1. The fraction of sp³-hybridized carbons (Fsp3) is 0.133. The largest absolute Gasteiger partial charge is 0.495 e. The van der Waals surface area contributed by atoms with E-state index >= 15 is 0 Å². The molecular formula is C15H13Cl2NO4S. The Balaban J connectivity index is 2.09. The van der Waals surface area contributed by atoms with E-state index in [1.165, 1.54) is 37.4 Å². The van der Waals surface area contributed by atoms with Gasteiger partial charge in [-0.25, -0.2) is 8.42 Å². The summed E-state index contributed by atoms with van der Waals surface area (Å²) in [5, 5.41) is 3.22. The summed E-state index contributed by atoms with van der Waals surface area (Å²) >= 11 is 11.7. The minimum absolute atomic E-state index is 0.0322. The smallest absolute Gasteiger partial charge is 0.239 e. The summed E-state index contributed by atoms with van der Waals surface area (Å²) in [4.78, 5) is 12.0. The van der Waals surface area contributed by atoms with Gasteiger partial charge in [-0.3, -0.25) is 4.79 Å². The highest BCUT2D eigenvalue weighted by molar-refractivity contribution is 7.92. The molecule has 2 rings (SSSR count). The number of hydrogen-bond acceptors (Lipinski definition) is 4. The third-order valence-corrected chi connectivity index (χ3v) is 5.11. The Morgan fingerprint density at radius 2 is 1.78 bits per heavy atom. The van der Waals surface area contributed by atoms with E-state index < -0.39 is 21.5 Å². The third kappa shape index (κ3) is 4.60. The molecule has 5 nitrogen and oxygen atoms in total. The molecular weight excluding hydrogens is 361 g/mol. The summed E-state index contributed by atoms with van der Waals surface area (Å²) in [5.41, 5.74) is 0.382. The third-order valence-electron chi connectivity index (χ3n) is 2.93. The number of nitrogens with one attached hydrogen (secondary N) is 1. The lowest BCUT2D eigenvalue weighted by atomic mass is 10.3. The van der Waals surface area contributed by atoms with Crippen molar-refractivity contribution in [2.24, 2.45) is 0 Å². The molecule has 0 saturated carbocycles. The van der Waals surface area contributed by atoms with Crippen LogP contribution in [-0.4, -0.2) is 27.2 Å². The number of sulfone groups is 1. The van der Waals surface area contributed by atoms with Crippen molar-refractivity contribution in [2.45, 2.75) is 4.90 Å². The summed E-state index contributed by atoms with van der Waals surface area (Å²) < 4.78 is 29.3. The fourth-order valence-electron chi connectivity index (χ4n) is 1.84. The summed E-state index contributed by atoms with van der Waals surface area (Å²) in [5.74, 6) is -0.891. The van der Waals surface area contributed by atoms with E-state index in [4.69, 9.17) is 27.9 Å². The molecule has 1 amide bonds. The highest BCUT2D eigenvalue weighted by atomic mass is 35.5. The van der Waals surface area contributed by atoms with Gasteiger partial charge < -0.3 is 10.1 Å². The summed E-state index contributed by atoms with van der Waals surface area (Å²) in [7, 11) is -2.28. The zero-order chi connectivity index (χ0) is 17.0. The van der Waals surface area contributed by atoms with E-state index in [0.29, 0.717) is 21.5 Å². The predicted octanol–water partition coefficient (Wildman–Crippen LogP) is 3.41. The Morgan fingerprint density at radius 1 is 1.13 bits per heavy atom. The molecule has 0 aliphatic carbocycles. The van der Waals surface area contributed by atoms with Crippen LogP contribution in [-0.2, 0) is 14.6 Å².